The summed E-state index contributed by atoms with van der Waals surface area (Å²) in [5.74, 6) is -0.640. The van der Waals surface area contributed by atoms with Crippen molar-refractivity contribution in [2.45, 2.75) is 17.4 Å². The van der Waals surface area contributed by atoms with E-state index in [1.807, 2.05) is 36.4 Å². The molecule has 1 aliphatic heterocycles. The molecule has 4 rings (SSSR count). The van der Waals surface area contributed by atoms with Gasteiger partial charge in [0.2, 0.25) is 15.9 Å². The highest BCUT2D eigenvalue weighted by atomic mass is 32.2. The van der Waals surface area contributed by atoms with Gasteiger partial charge in [-0.25, -0.2) is 8.42 Å². The molecule has 1 unspecified atom stereocenters. The zero-order valence-electron chi connectivity index (χ0n) is 19.1. The van der Waals surface area contributed by atoms with Crippen molar-refractivity contribution in [3.8, 4) is 0 Å². The maximum atomic E-state index is 13.0. The molecule has 8 nitrogen and oxygen atoms in total. The minimum absolute atomic E-state index is 0.0248. The molecule has 0 spiro atoms. The number of sulfonamides is 1. The zero-order valence-corrected chi connectivity index (χ0v) is 19.9. The van der Waals surface area contributed by atoms with Crippen molar-refractivity contribution in [2.24, 2.45) is 0 Å². The second-order valence-corrected chi connectivity index (χ2v) is 10.0. The van der Waals surface area contributed by atoms with E-state index in [4.69, 9.17) is 4.74 Å². The monoisotopic (exact) mass is 493 g/mol. The SMILES string of the molecule is O=C(CC(NC(=O)c1ccccc1)c1ccccc1)Nc1cccc(S(=O)(=O)N2CCOCC2)c1. The summed E-state index contributed by atoms with van der Waals surface area (Å²) in [7, 11) is -3.69. The highest BCUT2D eigenvalue weighted by Gasteiger charge is 2.27. The molecule has 1 atom stereocenters. The van der Waals surface area contributed by atoms with Crippen molar-refractivity contribution in [3.05, 3.63) is 96.1 Å². The fourth-order valence-electron chi connectivity index (χ4n) is 3.84. The number of amides is 2. The molecule has 0 saturated carbocycles. The highest BCUT2D eigenvalue weighted by molar-refractivity contribution is 7.89. The fraction of sp³-hybridized carbons (Fsp3) is 0.231. The molecule has 35 heavy (non-hydrogen) atoms. The van der Waals surface area contributed by atoms with Crippen LogP contribution in [0.2, 0.25) is 0 Å². The summed E-state index contributed by atoms with van der Waals surface area (Å²) >= 11 is 0. The summed E-state index contributed by atoms with van der Waals surface area (Å²) < 4.78 is 32.5. The first kappa shape index (κ1) is 24.6. The van der Waals surface area contributed by atoms with E-state index in [1.165, 1.54) is 16.4 Å². The van der Waals surface area contributed by atoms with E-state index in [2.05, 4.69) is 10.6 Å². The summed E-state index contributed by atoms with van der Waals surface area (Å²) in [6.07, 6.45) is -0.0248. The van der Waals surface area contributed by atoms with Gasteiger partial charge in [-0.2, -0.15) is 4.31 Å². The van der Waals surface area contributed by atoms with Gasteiger partial charge < -0.3 is 15.4 Å². The fourth-order valence-corrected chi connectivity index (χ4v) is 5.29. The van der Waals surface area contributed by atoms with Crippen molar-refractivity contribution in [2.75, 3.05) is 31.6 Å². The van der Waals surface area contributed by atoms with Gasteiger partial charge in [0.15, 0.2) is 0 Å². The average molecular weight is 494 g/mol. The van der Waals surface area contributed by atoms with Gasteiger partial charge in [-0.05, 0) is 35.9 Å². The maximum Gasteiger partial charge on any atom is 0.251 e. The third kappa shape index (κ3) is 6.33. The Morgan fingerprint density at radius 2 is 1.54 bits per heavy atom. The Balaban J connectivity index is 1.48. The van der Waals surface area contributed by atoms with Crippen LogP contribution in [-0.4, -0.2) is 50.8 Å². The molecule has 182 valence electrons. The summed E-state index contributed by atoms with van der Waals surface area (Å²) in [4.78, 5) is 25.8. The molecule has 2 N–H and O–H groups in total. The smallest absolute Gasteiger partial charge is 0.251 e. The van der Waals surface area contributed by atoms with Gasteiger partial charge in [-0.15, -0.1) is 0 Å². The van der Waals surface area contributed by atoms with E-state index in [-0.39, 0.29) is 23.1 Å². The van der Waals surface area contributed by atoms with Gasteiger partial charge in [-0.3, -0.25) is 9.59 Å². The second kappa shape index (κ2) is 11.3. The number of carbonyl (C=O) groups is 2. The number of nitrogens with one attached hydrogen (secondary N) is 2. The number of morpholine rings is 1. The molecule has 2 amide bonds. The maximum absolute atomic E-state index is 13.0. The lowest BCUT2D eigenvalue weighted by Crippen LogP contribution is -2.40. The van der Waals surface area contributed by atoms with Gasteiger partial charge in [0, 0.05) is 24.3 Å². The van der Waals surface area contributed by atoms with E-state index in [1.54, 1.807) is 36.4 Å². The first-order valence-corrected chi connectivity index (χ1v) is 12.8. The Hall–Kier alpha value is -3.53. The number of nitrogens with zero attached hydrogens (tertiary/aromatic N) is 1. The van der Waals surface area contributed by atoms with E-state index < -0.39 is 16.1 Å². The van der Waals surface area contributed by atoms with Gasteiger partial charge in [0.05, 0.1) is 30.6 Å². The number of ether oxygens (including phenoxy) is 1. The highest BCUT2D eigenvalue weighted by Crippen LogP contribution is 2.22. The van der Waals surface area contributed by atoms with Crippen LogP contribution >= 0.6 is 0 Å². The second-order valence-electron chi connectivity index (χ2n) is 8.10. The molecule has 9 heteroatoms. The van der Waals surface area contributed by atoms with Crippen molar-refractivity contribution in [3.63, 3.8) is 0 Å². The van der Waals surface area contributed by atoms with Crippen molar-refractivity contribution < 1.29 is 22.7 Å². The number of anilines is 1. The molecule has 0 aromatic heterocycles. The Morgan fingerprint density at radius 3 is 2.23 bits per heavy atom. The van der Waals surface area contributed by atoms with Crippen molar-refractivity contribution in [1.29, 1.82) is 0 Å². The summed E-state index contributed by atoms with van der Waals surface area (Å²) in [6.45, 7) is 1.29. The molecule has 0 bridgehead atoms. The predicted octanol–water partition coefficient (Wildman–Crippen LogP) is 3.21. The third-order valence-corrected chi connectivity index (χ3v) is 7.55. The Kier molecular flexibility index (Phi) is 7.91. The molecular weight excluding hydrogens is 466 g/mol. The Morgan fingerprint density at radius 1 is 0.886 bits per heavy atom. The normalized spacial score (nSPS) is 15.2. The molecule has 1 saturated heterocycles. The topological polar surface area (TPSA) is 105 Å². The van der Waals surface area contributed by atoms with Gasteiger partial charge in [0.25, 0.3) is 5.91 Å². The lowest BCUT2D eigenvalue weighted by molar-refractivity contribution is -0.116. The van der Waals surface area contributed by atoms with Crippen LogP contribution < -0.4 is 10.6 Å². The third-order valence-electron chi connectivity index (χ3n) is 5.66. The van der Waals surface area contributed by atoms with Gasteiger partial charge in [-0.1, -0.05) is 54.6 Å². The molecule has 1 aliphatic rings. The lowest BCUT2D eigenvalue weighted by Gasteiger charge is -2.26. The van der Waals surface area contributed by atoms with Crippen LogP contribution in [0.4, 0.5) is 5.69 Å². The van der Waals surface area contributed by atoms with Crippen LogP contribution in [0.25, 0.3) is 0 Å². The summed E-state index contributed by atoms with van der Waals surface area (Å²) in [5.41, 5.74) is 1.65. The molecule has 0 aliphatic carbocycles. The zero-order chi connectivity index (χ0) is 24.7. The largest absolute Gasteiger partial charge is 0.379 e. The minimum atomic E-state index is -3.69. The standard InChI is InChI=1S/C26H27N3O5S/c30-25(27-22-12-7-13-23(18-22)35(32,33)29-14-16-34-17-15-29)19-24(20-8-3-1-4-9-20)28-26(31)21-10-5-2-6-11-21/h1-13,18,24H,14-17,19H2,(H,27,30)(H,28,31). The van der Waals surface area contributed by atoms with E-state index in [9.17, 15) is 18.0 Å². The van der Waals surface area contributed by atoms with Crippen molar-refractivity contribution >= 4 is 27.5 Å². The Bertz CT molecular complexity index is 1260. The van der Waals surface area contributed by atoms with Gasteiger partial charge in [0.1, 0.15) is 0 Å². The molecule has 1 fully saturated rings. The average Bonchev–Trinajstić information content (AvgIpc) is 2.90. The minimum Gasteiger partial charge on any atom is -0.379 e. The summed E-state index contributed by atoms with van der Waals surface area (Å²) in [6, 6.07) is 23.6. The molecular formula is C26H27N3O5S. The number of carbonyl (C=O) groups excluding carboxylic acids is 2. The van der Waals surface area contributed by atoms with E-state index in [0.29, 0.717) is 37.6 Å². The van der Waals surface area contributed by atoms with Crippen LogP contribution in [-0.2, 0) is 19.6 Å². The van der Waals surface area contributed by atoms with E-state index >= 15 is 0 Å². The van der Waals surface area contributed by atoms with Crippen LogP contribution in [0.5, 0.6) is 0 Å². The molecule has 0 radical (unpaired) electrons. The number of rotatable bonds is 8. The molecule has 3 aromatic carbocycles. The first-order chi connectivity index (χ1) is 16.9. The number of hydrogen-bond acceptors (Lipinski definition) is 5. The van der Waals surface area contributed by atoms with Crippen LogP contribution in [0.15, 0.2) is 89.8 Å². The lowest BCUT2D eigenvalue weighted by atomic mass is 10.0. The predicted molar refractivity (Wildman–Crippen MR) is 132 cm³/mol. The van der Waals surface area contributed by atoms with Gasteiger partial charge >= 0.3 is 0 Å². The van der Waals surface area contributed by atoms with Crippen LogP contribution in [0, 0.1) is 0 Å². The van der Waals surface area contributed by atoms with Crippen LogP contribution in [0.3, 0.4) is 0 Å². The number of hydrogen-bond donors (Lipinski definition) is 2. The summed E-state index contributed by atoms with van der Waals surface area (Å²) in [5, 5.41) is 5.70. The molecule has 3 aromatic rings. The Labute approximate surface area is 205 Å². The van der Waals surface area contributed by atoms with Crippen LogP contribution in [0.1, 0.15) is 28.4 Å². The molecule has 1 heterocycles. The number of benzene rings is 3. The quantitative estimate of drug-likeness (QED) is 0.501. The van der Waals surface area contributed by atoms with E-state index in [0.717, 1.165) is 5.56 Å². The first-order valence-electron chi connectivity index (χ1n) is 11.3. The van der Waals surface area contributed by atoms with Crippen molar-refractivity contribution in [1.82, 2.24) is 9.62 Å².